The third-order valence-corrected chi connectivity index (χ3v) is 8.96. The van der Waals surface area contributed by atoms with E-state index in [-0.39, 0.29) is 22.6 Å². The standard InChI is InChI=1S/C33H29N5O3.C7H8O3S/c1-3-37-19-6-8-29(22-37)36-33(41)25-13-15-27(16-14-25)34-31(39)23-9-11-24(12-10-23)32(40)35-28-17-18-30-26(21-28)7-5-20-38(30)4-2;1-6-2-4-7(5-3-6)11(8,9)10/h5-22H,3-4H2,1-2H3,(H-2,34,35,36,39,40,41);2-5H,1H3,(H,8,9,10)/p+2. The first kappa shape index (κ1) is 37.0. The molecule has 52 heavy (non-hydrogen) atoms. The lowest BCUT2D eigenvalue weighted by Crippen LogP contribution is -2.32. The van der Waals surface area contributed by atoms with Crippen molar-refractivity contribution in [1.29, 1.82) is 0 Å². The molecule has 4 N–H and O–H groups in total. The molecule has 0 bridgehead atoms. The van der Waals surface area contributed by atoms with Crippen LogP contribution in [0.3, 0.4) is 0 Å². The molecule has 4 aromatic carbocycles. The highest BCUT2D eigenvalue weighted by molar-refractivity contribution is 7.85. The number of carbonyl (C=O) groups excluding carboxylic acids is 3. The number of hydrogen-bond acceptors (Lipinski definition) is 5. The van der Waals surface area contributed by atoms with Crippen LogP contribution in [0.5, 0.6) is 0 Å². The van der Waals surface area contributed by atoms with E-state index in [0.717, 1.165) is 29.6 Å². The Hall–Kier alpha value is -6.24. The van der Waals surface area contributed by atoms with E-state index in [2.05, 4.69) is 27.4 Å². The maximum Gasteiger partial charge on any atom is 0.294 e. The van der Waals surface area contributed by atoms with E-state index in [1.165, 1.54) is 12.1 Å². The molecule has 11 nitrogen and oxygen atoms in total. The van der Waals surface area contributed by atoms with E-state index in [9.17, 15) is 22.8 Å². The van der Waals surface area contributed by atoms with Crippen molar-refractivity contribution in [3.8, 4) is 0 Å². The van der Waals surface area contributed by atoms with Gasteiger partial charge in [-0.25, -0.2) is 4.57 Å². The summed E-state index contributed by atoms with van der Waals surface area (Å²) in [4.78, 5) is 38.2. The van der Waals surface area contributed by atoms with E-state index < -0.39 is 10.1 Å². The van der Waals surface area contributed by atoms with Crippen molar-refractivity contribution in [2.75, 3.05) is 16.0 Å². The van der Waals surface area contributed by atoms with Gasteiger partial charge in [0, 0.05) is 51.7 Å². The second-order valence-corrected chi connectivity index (χ2v) is 13.2. The van der Waals surface area contributed by atoms with Crippen molar-refractivity contribution < 1.29 is 36.5 Å². The van der Waals surface area contributed by atoms with Crippen LogP contribution in [-0.4, -0.2) is 30.7 Å². The predicted octanol–water partition coefficient (Wildman–Crippen LogP) is 6.45. The first-order chi connectivity index (χ1) is 24.9. The Balaban J connectivity index is 0.000000407. The number of hydrogen-bond donors (Lipinski definition) is 4. The van der Waals surface area contributed by atoms with Gasteiger partial charge in [-0.05, 0) is 106 Å². The zero-order valence-electron chi connectivity index (χ0n) is 28.9. The van der Waals surface area contributed by atoms with Crippen LogP contribution >= 0.6 is 0 Å². The molecule has 0 spiro atoms. The van der Waals surface area contributed by atoms with E-state index in [1.807, 2.05) is 79.5 Å². The van der Waals surface area contributed by atoms with Gasteiger partial charge in [0.05, 0.1) is 4.90 Å². The number of rotatable bonds is 9. The number of aryl methyl sites for hydroxylation is 3. The van der Waals surface area contributed by atoms with Gasteiger partial charge in [0.25, 0.3) is 27.8 Å². The Morgan fingerprint density at radius 1 is 0.615 bits per heavy atom. The SMILES string of the molecule is CC[n+]1cccc(NC(=O)c2ccc(NC(=O)c3ccc(C(=O)Nc4ccc5c(ccc[n+]5CC)c4)cc3)cc2)c1.Cc1ccc(S(=O)(=O)O)cc1. The molecule has 0 aliphatic rings. The van der Waals surface area contributed by atoms with Crippen LogP contribution in [0.2, 0.25) is 0 Å². The normalized spacial score (nSPS) is 10.8. The molecule has 0 fully saturated rings. The number of fused-ring (bicyclic) bond motifs is 1. The minimum Gasteiger partial charge on any atom is -0.322 e. The highest BCUT2D eigenvalue weighted by atomic mass is 32.2. The number of benzene rings is 4. The largest absolute Gasteiger partial charge is 0.322 e. The average molecular weight is 718 g/mol. The summed E-state index contributed by atoms with van der Waals surface area (Å²) in [6, 6.07) is 32.6. The van der Waals surface area contributed by atoms with Crippen molar-refractivity contribution in [2.45, 2.75) is 38.8 Å². The molecule has 12 heteroatoms. The minimum absolute atomic E-state index is 0.0666. The van der Waals surface area contributed by atoms with Gasteiger partial charge in [0.2, 0.25) is 5.52 Å². The predicted molar refractivity (Wildman–Crippen MR) is 200 cm³/mol. The molecule has 2 heterocycles. The number of amides is 3. The van der Waals surface area contributed by atoms with Crippen LogP contribution in [0, 0.1) is 6.92 Å². The minimum atomic E-state index is -4.02. The summed E-state index contributed by atoms with van der Waals surface area (Å²) in [7, 11) is -4.02. The molecular weight excluding hydrogens is 679 g/mol. The number of anilines is 3. The number of aromatic nitrogens is 2. The molecule has 0 saturated carbocycles. The van der Waals surface area contributed by atoms with Gasteiger partial charge in [-0.3, -0.25) is 18.9 Å². The summed E-state index contributed by atoms with van der Waals surface area (Å²) in [5, 5.41) is 9.67. The fourth-order valence-electron chi connectivity index (χ4n) is 5.22. The number of carbonyl (C=O) groups is 3. The van der Waals surface area contributed by atoms with E-state index in [0.29, 0.717) is 33.8 Å². The maximum atomic E-state index is 12.8. The lowest BCUT2D eigenvalue weighted by molar-refractivity contribution is -0.692. The van der Waals surface area contributed by atoms with Gasteiger partial charge < -0.3 is 16.0 Å². The third kappa shape index (κ3) is 9.71. The molecule has 0 atom stereocenters. The monoisotopic (exact) mass is 717 g/mol. The molecule has 3 amide bonds. The van der Waals surface area contributed by atoms with Gasteiger partial charge in [0.1, 0.15) is 18.8 Å². The van der Waals surface area contributed by atoms with Crippen LogP contribution in [0.25, 0.3) is 10.9 Å². The summed E-state index contributed by atoms with van der Waals surface area (Å²) in [6.45, 7) is 7.62. The van der Waals surface area contributed by atoms with Gasteiger partial charge in [0.15, 0.2) is 18.6 Å². The average Bonchev–Trinajstić information content (AvgIpc) is 3.15. The van der Waals surface area contributed by atoms with Crippen LogP contribution in [0.15, 0.2) is 139 Å². The van der Waals surface area contributed by atoms with Gasteiger partial charge in [-0.2, -0.15) is 13.0 Å². The zero-order valence-corrected chi connectivity index (χ0v) is 29.7. The molecule has 0 aliphatic heterocycles. The second kappa shape index (κ2) is 16.6. The molecule has 0 saturated heterocycles. The lowest BCUT2D eigenvalue weighted by atomic mass is 10.1. The van der Waals surface area contributed by atoms with Gasteiger partial charge in [-0.15, -0.1) is 0 Å². The fourth-order valence-corrected chi connectivity index (χ4v) is 5.70. The zero-order chi connectivity index (χ0) is 37.3. The van der Waals surface area contributed by atoms with Crippen molar-refractivity contribution in [3.63, 3.8) is 0 Å². The quantitative estimate of drug-likeness (QED) is 0.0998. The van der Waals surface area contributed by atoms with Crippen LogP contribution < -0.4 is 25.1 Å². The Morgan fingerprint density at radius 2 is 1.13 bits per heavy atom. The molecule has 0 unspecified atom stereocenters. The molecule has 0 radical (unpaired) electrons. The first-order valence-electron chi connectivity index (χ1n) is 16.5. The molecule has 0 aliphatic carbocycles. The smallest absolute Gasteiger partial charge is 0.294 e. The van der Waals surface area contributed by atoms with E-state index in [4.69, 9.17) is 4.55 Å². The number of pyridine rings is 2. The lowest BCUT2D eigenvalue weighted by Gasteiger charge is -2.09. The summed E-state index contributed by atoms with van der Waals surface area (Å²) in [5.41, 5.74) is 5.33. The summed E-state index contributed by atoms with van der Waals surface area (Å²) < 4.78 is 33.7. The van der Waals surface area contributed by atoms with E-state index in [1.54, 1.807) is 60.7 Å². The molecule has 6 aromatic rings. The van der Waals surface area contributed by atoms with Crippen molar-refractivity contribution in [2.24, 2.45) is 0 Å². The van der Waals surface area contributed by atoms with Crippen LogP contribution in [-0.2, 0) is 23.2 Å². The van der Waals surface area contributed by atoms with Crippen LogP contribution in [0.4, 0.5) is 17.1 Å². The highest BCUT2D eigenvalue weighted by Crippen LogP contribution is 2.18. The number of nitrogens with zero attached hydrogens (tertiary/aromatic N) is 2. The third-order valence-electron chi connectivity index (χ3n) is 8.09. The van der Waals surface area contributed by atoms with Gasteiger partial charge in [-0.1, -0.05) is 17.7 Å². The Kier molecular flexibility index (Phi) is 11.9. The molecular formula is C40H39N5O6S+2. The summed E-state index contributed by atoms with van der Waals surface area (Å²) >= 11 is 0. The first-order valence-corrected chi connectivity index (χ1v) is 18.0. The molecule has 6 rings (SSSR count). The summed E-state index contributed by atoms with van der Waals surface area (Å²) in [5.74, 6) is -0.815. The van der Waals surface area contributed by atoms with Crippen molar-refractivity contribution in [1.82, 2.24) is 0 Å². The van der Waals surface area contributed by atoms with Crippen molar-refractivity contribution >= 4 is 55.8 Å². The maximum absolute atomic E-state index is 12.8. The fraction of sp³-hybridized carbons (Fsp3) is 0.125. The Bertz CT molecular complexity index is 2330. The highest BCUT2D eigenvalue weighted by Gasteiger charge is 2.13. The Labute approximate surface area is 302 Å². The second-order valence-electron chi connectivity index (χ2n) is 11.8. The molecule has 264 valence electrons. The topological polar surface area (TPSA) is 149 Å². The van der Waals surface area contributed by atoms with Gasteiger partial charge >= 0.3 is 0 Å². The number of nitrogens with one attached hydrogen (secondary N) is 3. The summed E-state index contributed by atoms with van der Waals surface area (Å²) in [6.07, 6.45) is 5.83. The van der Waals surface area contributed by atoms with Crippen molar-refractivity contribution in [3.05, 3.63) is 156 Å². The Morgan fingerprint density at radius 3 is 1.69 bits per heavy atom. The van der Waals surface area contributed by atoms with Crippen LogP contribution in [0.1, 0.15) is 50.5 Å². The van der Waals surface area contributed by atoms with E-state index >= 15 is 0 Å². The molecule has 2 aromatic heterocycles.